The van der Waals surface area contributed by atoms with E-state index in [1.807, 2.05) is 24.3 Å². The molecule has 0 bridgehead atoms. The molecule has 0 N–H and O–H groups in total. The largest absolute Gasteiger partial charge is 0.368 e. The highest BCUT2D eigenvalue weighted by atomic mass is 35.5. The Morgan fingerprint density at radius 3 is 2.19 bits per heavy atom. The topological polar surface area (TPSA) is 64.5 Å². The van der Waals surface area contributed by atoms with Crippen molar-refractivity contribution in [1.29, 1.82) is 0 Å². The summed E-state index contributed by atoms with van der Waals surface area (Å²) in [6, 6.07) is 18.3. The molecule has 2 fully saturated rings. The summed E-state index contributed by atoms with van der Waals surface area (Å²) < 4.78 is 0. The van der Waals surface area contributed by atoms with Crippen molar-refractivity contribution in [1.82, 2.24) is 24.8 Å². The number of benzene rings is 2. The van der Waals surface area contributed by atoms with Gasteiger partial charge in [0.2, 0.25) is 5.95 Å². The Morgan fingerprint density at radius 1 is 0.694 bits per heavy atom. The lowest BCUT2D eigenvalue weighted by atomic mass is 10.2. The molecular formula is C27H29ClN8. The standard InChI is InChI=1S/C27H29ClN8/c28-21-5-3-6-22(19-21)34-15-17-35(18-16-34)26-23-7-1-2-8-24(23)31-25(32-26)20-33-11-13-36(14-12-33)27-29-9-4-10-30-27/h1-10,19H,11-18,20H2. The van der Waals surface area contributed by atoms with Crippen molar-refractivity contribution in [2.75, 3.05) is 67.1 Å². The highest BCUT2D eigenvalue weighted by molar-refractivity contribution is 6.30. The number of hydrogen-bond acceptors (Lipinski definition) is 8. The van der Waals surface area contributed by atoms with E-state index in [9.17, 15) is 0 Å². The van der Waals surface area contributed by atoms with Crippen LogP contribution in [-0.4, -0.2) is 77.2 Å². The van der Waals surface area contributed by atoms with Gasteiger partial charge in [0.05, 0.1) is 12.1 Å². The zero-order chi connectivity index (χ0) is 24.3. The van der Waals surface area contributed by atoms with E-state index in [0.717, 1.165) is 92.4 Å². The van der Waals surface area contributed by atoms with Crippen molar-refractivity contribution < 1.29 is 0 Å². The minimum Gasteiger partial charge on any atom is -0.368 e. The molecule has 8 nitrogen and oxygen atoms in total. The maximum absolute atomic E-state index is 6.22. The molecule has 184 valence electrons. The number of aromatic nitrogens is 4. The molecule has 4 heterocycles. The Labute approximate surface area is 216 Å². The van der Waals surface area contributed by atoms with Gasteiger partial charge >= 0.3 is 0 Å². The van der Waals surface area contributed by atoms with Gasteiger partial charge in [-0.05, 0) is 36.4 Å². The van der Waals surface area contributed by atoms with Crippen LogP contribution in [0.25, 0.3) is 10.9 Å². The van der Waals surface area contributed by atoms with Crippen LogP contribution < -0.4 is 14.7 Å². The average Bonchev–Trinajstić information content (AvgIpc) is 2.94. The van der Waals surface area contributed by atoms with Crippen molar-refractivity contribution in [3.63, 3.8) is 0 Å². The number of hydrogen-bond donors (Lipinski definition) is 0. The molecule has 4 aromatic rings. The van der Waals surface area contributed by atoms with Crippen molar-refractivity contribution in [2.24, 2.45) is 0 Å². The molecule has 2 aliphatic rings. The van der Waals surface area contributed by atoms with E-state index < -0.39 is 0 Å². The number of fused-ring (bicyclic) bond motifs is 1. The van der Waals surface area contributed by atoms with Crippen LogP contribution in [0.5, 0.6) is 0 Å². The van der Waals surface area contributed by atoms with Gasteiger partial charge in [0.1, 0.15) is 11.6 Å². The summed E-state index contributed by atoms with van der Waals surface area (Å²) in [5.41, 5.74) is 2.18. The minimum atomic E-state index is 0.740. The molecule has 6 rings (SSSR count). The Balaban J connectivity index is 1.17. The van der Waals surface area contributed by atoms with Gasteiger partial charge in [-0.2, -0.15) is 0 Å². The zero-order valence-electron chi connectivity index (χ0n) is 20.2. The number of piperazine rings is 2. The molecule has 2 saturated heterocycles. The van der Waals surface area contributed by atoms with E-state index in [-0.39, 0.29) is 0 Å². The summed E-state index contributed by atoms with van der Waals surface area (Å²) in [4.78, 5) is 28.3. The van der Waals surface area contributed by atoms with E-state index >= 15 is 0 Å². The van der Waals surface area contributed by atoms with E-state index in [4.69, 9.17) is 21.6 Å². The van der Waals surface area contributed by atoms with Crippen LogP contribution in [0.3, 0.4) is 0 Å². The predicted octanol–water partition coefficient (Wildman–Crippen LogP) is 3.72. The summed E-state index contributed by atoms with van der Waals surface area (Å²) in [6.45, 7) is 8.07. The van der Waals surface area contributed by atoms with Gasteiger partial charge in [0.25, 0.3) is 0 Å². The molecule has 0 aliphatic carbocycles. The highest BCUT2D eigenvalue weighted by Gasteiger charge is 2.23. The lowest BCUT2D eigenvalue weighted by molar-refractivity contribution is 0.243. The van der Waals surface area contributed by atoms with Crippen LogP contribution in [-0.2, 0) is 6.54 Å². The Morgan fingerprint density at radius 2 is 1.42 bits per heavy atom. The van der Waals surface area contributed by atoms with Crippen molar-refractivity contribution in [2.45, 2.75) is 6.54 Å². The van der Waals surface area contributed by atoms with Crippen LogP contribution in [0.1, 0.15) is 5.82 Å². The van der Waals surface area contributed by atoms with Gasteiger partial charge in [-0.25, -0.2) is 19.9 Å². The second-order valence-electron chi connectivity index (χ2n) is 9.25. The van der Waals surface area contributed by atoms with Crippen molar-refractivity contribution in [3.8, 4) is 0 Å². The summed E-state index contributed by atoms with van der Waals surface area (Å²) in [6.07, 6.45) is 3.60. The van der Waals surface area contributed by atoms with Crippen molar-refractivity contribution in [3.05, 3.63) is 77.8 Å². The number of rotatable bonds is 5. The summed E-state index contributed by atoms with van der Waals surface area (Å²) in [5, 5.41) is 1.89. The molecule has 2 aromatic carbocycles. The molecule has 0 radical (unpaired) electrons. The first-order chi connectivity index (χ1) is 17.7. The molecule has 2 aliphatic heterocycles. The van der Waals surface area contributed by atoms with Crippen LogP contribution in [0.2, 0.25) is 5.02 Å². The maximum atomic E-state index is 6.22. The van der Waals surface area contributed by atoms with E-state index in [1.165, 1.54) is 5.69 Å². The molecule has 36 heavy (non-hydrogen) atoms. The molecule has 0 atom stereocenters. The van der Waals surface area contributed by atoms with E-state index in [1.54, 1.807) is 12.4 Å². The first kappa shape index (κ1) is 22.9. The molecule has 0 saturated carbocycles. The third-order valence-electron chi connectivity index (χ3n) is 6.95. The lowest BCUT2D eigenvalue weighted by Gasteiger charge is -2.37. The van der Waals surface area contributed by atoms with Gasteiger partial charge in [-0.3, -0.25) is 4.90 Å². The Bertz CT molecular complexity index is 1320. The van der Waals surface area contributed by atoms with Crippen molar-refractivity contribution >= 4 is 40.0 Å². The zero-order valence-corrected chi connectivity index (χ0v) is 20.9. The molecule has 0 spiro atoms. The molecule has 9 heteroatoms. The van der Waals surface area contributed by atoms with Gasteiger partial charge in [0.15, 0.2) is 0 Å². The van der Waals surface area contributed by atoms with Crippen LogP contribution in [0.4, 0.5) is 17.5 Å². The first-order valence-corrected chi connectivity index (χ1v) is 12.9. The Hall–Kier alpha value is -3.49. The third kappa shape index (κ3) is 4.92. The monoisotopic (exact) mass is 500 g/mol. The normalized spacial score (nSPS) is 17.1. The number of para-hydroxylation sites is 1. The fourth-order valence-corrected chi connectivity index (χ4v) is 5.21. The van der Waals surface area contributed by atoms with Gasteiger partial charge in [-0.15, -0.1) is 0 Å². The molecule has 0 amide bonds. The first-order valence-electron chi connectivity index (χ1n) is 12.5. The smallest absolute Gasteiger partial charge is 0.225 e. The number of nitrogens with zero attached hydrogens (tertiary/aromatic N) is 8. The summed E-state index contributed by atoms with van der Waals surface area (Å²) in [5.74, 6) is 2.72. The van der Waals surface area contributed by atoms with Crippen LogP contribution in [0, 0.1) is 0 Å². The fourth-order valence-electron chi connectivity index (χ4n) is 5.03. The predicted molar refractivity (Wildman–Crippen MR) is 145 cm³/mol. The number of halogens is 1. The minimum absolute atomic E-state index is 0.740. The van der Waals surface area contributed by atoms with Gasteiger partial charge < -0.3 is 14.7 Å². The van der Waals surface area contributed by atoms with E-state index in [2.05, 4.69) is 59.9 Å². The Kier molecular flexibility index (Phi) is 6.53. The number of anilines is 3. The SMILES string of the molecule is Clc1cccc(N2CCN(c3nc(CN4CCN(c5ncccn5)CC4)nc4ccccc34)CC2)c1. The molecule has 2 aromatic heterocycles. The lowest BCUT2D eigenvalue weighted by Crippen LogP contribution is -2.47. The average molecular weight is 501 g/mol. The summed E-state index contributed by atoms with van der Waals surface area (Å²) >= 11 is 6.22. The second kappa shape index (κ2) is 10.2. The third-order valence-corrected chi connectivity index (χ3v) is 7.19. The fraction of sp³-hybridized carbons (Fsp3) is 0.333. The van der Waals surface area contributed by atoms with Gasteiger partial charge in [0, 0.05) is 80.8 Å². The van der Waals surface area contributed by atoms with Crippen LogP contribution >= 0.6 is 11.6 Å². The molecular weight excluding hydrogens is 472 g/mol. The molecule has 0 unspecified atom stereocenters. The van der Waals surface area contributed by atoms with E-state index in [0.29, 0.717) is 0 Å². The second-order valence-corrected chi connectivity index (χ2v) is 9.68. The van der Waals surface area contributed by atoms with Gasteiger partial charge in [-0.1, -0.05) is 29.8 Å². The quantitative estimate of drug-likeness (QED) is 0.411. The van der Waals surface area contributed by atoms with Crippen LogP contribution in [0.15, 0.2) is 67.0 Å². The maximum Gasteiger partial charge on any atom is 0.225 e. The summed E-state index contributed by atoms with van der Waals surface area (Å²) in [7, 11) is 0. The highest BCUT2D eigenvalue weighted by Crippen LogP contribution is 2.27.